The molecule has 0 bridgehead atoms. The fourth-order valence-corrected chi connectivity index (χ4v) is 4.10. The summed E-state index contributed by atoms with van der Waals surface area (Å²) in [5.74, 6) is 0.701. The van der Waals surface area contributed by atoms with Gasteiger partial charge in [-0.25, -0.2) is 13.1 Å². The molecule has 6 nitrogen and oxygen atoms in total. The summed E-state index contributed by atoms with van der Waals surface area (Å²) < 4.78 is 26.6. The van der Waals surface area contributed by atoms with Crippen molar-refractivity contribution in [3.05, 3.63) is 70.8 Å². The molecule has 0 aromatic heterocycles. The first-order valence-corrected chi connectivity index (χ1v) is 11.0. The molecule has 0 amide bonds. The van der Waals surface area contributed by atoms with Crippen LogP contribution in [0.3, 0.4) is 0 Å². The number of rotatable bonds is 8. The maximum absolute atomic E-state index is 12.0. The first-order valence-electron chi connectivity index (χ1n) is 9.35. The molecule has 0 aliphatic heterocycles. The van der Waals surface area contributed by atoms with Crippen LogP contribution < -0.4 is 15.4 Å². The Balaban J connectivity index is 1.85. The number of hydrogen-bond acceptors (Lipinski definition) is 3. The summed E-state index contributed by atoms with van der Waals surface area (Å²) in [6.07, 6.45) is 0. The molecule has 28 heavy (non-hydrogen) atoms. The maximum atomic E-state index is 12.0. The Hall–Kier alpha value is -2.38. The van der Waals surface area contributed by atoms with Gasteiger partial charge >= 0.3 is 0 Å². The molecule has 0 saturated heterocycles. The van der Waals surface area contributed by atoms with E-state index in [0.717, 1.165) is 11.1 Å². The number of nitrogens with one attached hydrogen (secondary N) is 3. The van der Waals surface area contributed by atoms with E-state index in [4.69, 9.17) is 0 Å². The van der Waals surface area contributed by atoms with Crippen LogP contribution >= 0.6 is 0 Å². The van der Waals surface area contributed by atoms with Gasteiger partial charge in [-0.15, -0.1) is 0 Å². The van der Waals surface area contributed by atoms with Gasteiger partial charge in [0.2, 0.25) is 10.0 Å². The van der Waals surface area contributed by atoms with Gasteiger partial charge in [0.15, 0.2) is 5.96 Å². The van der Waals surface area contributed by atoms with Crippen LogP contribution in [-0.2, 0) is 28.9 Å². The molecule has 3 N–H and O–H groups in total. The highest BCUT2D eigenvalue weighted by Crippen LogP contribution is 2.08. The number of benzene rings is 2. The molecular weight excluding hydrogens is 372 g/mol. The fraction of sp³-hybridized carbons (Fsp3) is 0.381. The largest absolute Gasteiger partial charge is 0.352 e. The van der Waals surface area contributed by atoms with Gasteiger partial charge in [0.1, 0.15) is 0 Å². The van der Waals surface area contributed by atoms with Gasteiger partial charge in [0.25, 0.3) is 0 Å². The quantitative estimate of drug-likeness (QED) is 0.468. The van der Waals surface area contributed by atoms with Crippen molar-refractivity contribution in [2.24, 2.45) is 4.99 Å². The minimum absolute atomic E-state index is 0.0152. The lowest BCUT2D eigenvalue weighted by atomic mass is 10.1. The Morgan fingerprint density at radius 1 is 0.893 bits per heavy atom. The van der Waals surface area contributed by atoms with Crippen molar-refractivity contribution in [2.75, 3.05) is 7.05 Å². The second-order valence-corrected chi connectivity index (χ2v) is 8.87. The van der Waals surface area contributed by atoms with Crippen molar-refractivity contribution in [3.63, 3.8) is 0 Å². The average Bonchev–Trinajstić information content (AvgIpc) is 2.63. The van der Waals surface area contributed by atoms with Gasteiger partial charge in [-0.2, -0.15) is 0 Å². The number of aryl methyl sites for hydroxylation is 1. The van der Waals surface area contributed by atoms with E-state index >= 15 is 0 Å². The summed E-state index contributed by atoms with van der Waals surface area (Å²) in [5.41, 5.74) is 4.24. The second kappa shape index (κ2) is 10.2. The highest BCUT2D eigenvalue weighted by atomic mass is 32.2. The zero-order valence-electron chi connectivity index (χ0n) is 17.0. The Morgan fingerprint density at radius 2 is 1.36 bits per heavy atom. The topological polar surface area (TPSA) is 82.6 Å². The Bertz CT molecular complexity index is 874. The maximum Gasteiger partial charge on any atom is 0.216 e. The number of aliphatic imine (C=N–C) groups is 1. The van der Waals surface area contributed by atoms with Crippen LogP contribution in [-0.4, -0.2) is 27.5 Å². The zero-order chi connectivity index (χ0) is 20.6. The number of guanidine groups is 1. The third-order valence-electron chi connectivity index (χ3n) is 4.06. The van der Waals surface area contributed by atoms with Gasteiger partial charge in [0, 0.05) is 26.2 Å². The highest BCUT2D eigenvalue weighted by molar-refractivity contribution is 7.88. The molecule has 0 atom stereocenters. The van der Waals surface area contributed by atoms with Crippen molar-refractivity contribution in [3.8, 4) is 0 Å². The first-order chi connectivity index (χ1) is 13.3. The van der Waals surface area contributed by atoms with E-state index < -0.39 is 10.0 Å². The van der Waals surface area contributed by atoms with Gasteiger partial charge in [-0.05, 0) is 37.5 Å². The molecule has 0 heterocycles. The van der Waals surface area contributed by atoms with E-state index in [1.54, 1.807) is 7.05 Å². The molecular formula is C21H30N4O2S. The van der Waals surface area contributed by atoms with Crippen LogP contribution in [0.5, 0.6) is 0 Å². The Labute approximate surface area is 168 Å². The zero-order valence-corrected chi connectivity index (χ0v) is 17.8. The summed E-state index contributed by atoms with van der Waals surface area (Å²) >= 11 is 0. The predicted octanol–water partition coefficient (Wildman–Crippen LogP) is 2.69. The average molecular weight is 403 g/mol. The summed E-state index contributed by atoms with van der Waals surface area (Å²) in [4.78, 5) is 4.24. The smallest absolute Gasteiger partial charge is 0.216 e. The number of nitrogens with zero attached hydrogens (tertiary/aromatic N) is 1. The first kappa shape index (κ1) is 21.9. The lowest BCUT2D eigenvalue weighted by molar-refractivity contribution is 0.569. The van der Waals surface area contributed by atoms with Gasteiger partial charge in [0.05, 0.1) is 5.75 Å². The molecule has 7 heteroatoms. The molecule has 152 valence electrons. The Morgan fingerprint density at radius 3 is 1.82 bits per heavy atom. The molecule has 0 aliphatic rings. The summed E-state index contributed by atoms with van der Waals surface area (Å²) in [6.45, 7) is 6.99. The minimum Gasteiger partial charge on any atom is -0.352 e. The van der Waals surface area contributed by atoms with Crippen LogP contribution in [0, 0.1) is 6.92 Å². The van der Waals surface area contributed by atoms with Crippen LogP contribution in [0.15, 0.2) is 53.5 Å². The molecule has 0 spiro atoms. The van der Waals surface area contributed by atoms with Gasteiger partial charge in [-0.3, -0.25) is 4.99 Å². The normalized spacial score (nSPS) is 12.2. The van der Waals surface area contributed by atoms with Crippen molar-refractivity contribution >= 4 is 16.0 Å². The standard InChI is InChI=1S/C21H30N4O2S/c1-16(2)25-28(26,27)15-20-11-9-19(10-12-20)14-24-21(22-4)23-13-18-7-5-17(3)6-8-18/h5-12,16,25H,13-15H2,1-4H3,(H2,22,23,24). The predicted molar refractivity (Wildman–Crippen MR) is 116 cm³/mol. The second-order valence-electron chi connectivity index (χ2n) is 7.11. The molecule has 0 fully saturated rings. The molecule has 0 aliphatic carbocycles. The fourth-order valence-electron chi connectivity index (χ4n) is 2.67. The van der Waals surface area contributed by atoms with E-state index in [-0.39, 0.29) is 11.8 Å². The number of sulfonamides is 1. The molecule has 2 aromatic rings. The third-order valence-corrected chi connectivity index (χ3v) is 5.60. The van der Waals surface area contributed by atoms with Crippen LogP contribution in [0.25, 0.3) is 0 Å². The van der Waals surface area contributed by atoms with E-state index in [9.17, 15) is 8.42 Å². The minimum atomic E-state index is -3.31. The van der Waals surface area contributed by atoms with E-state index in [2.05, 4.69) is 51.5 Å². The molecule has 0 radical (unpaired) electrons. The van der Waals surface area contributed by atoms with Crippen molar-refractivity contribution in [1.29, 1.82) is 0 Å². The van der Waals surface area contributed by atoms with Crippen LogP contribution in [0.4, 0.5) is 0 Å². The molecule has 2 aromatic carbocycles. The lowest BCUT2D eigenvalue weighted by Crippen LogP contribution is -2.36. The number of hydrogen-bond donors (Lipinski definition) is 3. The van der Waals surface area contributed by atoms with Crippen molar-refractivity contribution < 1.29 is 8.42 Å². The van der Waals surface area contributed by atoms with E-state index in [0.29, 0.717) is 19.0 Å². The van der Waals surface area contributed by atoms with Crippen molar-refractivity contribution in [1.82, 2.24) is 15.4 Å². The molecule has 0 saturated carbocycles. The summed E-state index contributed by atoms with van der Waals surface area (Å²) in [5, 5.41) is 6.56. The summed E-state index contributed by atoms with van der Waals surface area (Å²) in [7, 11) is -1.57. The Kier molecular flexibility index (Phi) is 8.02. The third kappa shape index (κ3) is 7.70. The van der Waals surface area contributed by atoms with Gasteiger partial charge in [-0.1, -0.05) is 54.1 Å². The lowest BCUT2D eigenvalue weighted by Gasteiger charge is -2.13. The van der Waals surface area contributed by atoms with Crippen molar-refractivity contribution in [2.45, 2.75) is 45.7 Å². The molecule has 2 rings (SSSR count). The van der Waals surface area contributed by atoms with Crippen LogP contribution in [0.2, 0.25) is 0 Å². The highest BCUT2D eigenvalue weighted by Gasteiger charge is 2.12. The van der Waals surface area contributed by atoms with E-state index in [1.807, 2.05) is 38.1 Å². The monoisotopic (exact) mass is 402 g/mol. The SMILES string of the molecule is CN=C(NCc1ccc(C)cc1)NCc1ccc(CS(=O)(=O)NC(C)C)cc1. The van der Waals surface area contributed by atoms with Gasteiger partial charge < -0.3 is 10.6 Å². The summed E-state index contributed by atoms with van der Waals surface area (Å²) in [6, 6.07) is 15.8. The molecule has 0 unspecified atom stereocenters. The van der Waals surface area contributed by atoms with Crippen LogP contribution in [0.1, 0.15) is 36.1 Å². The van der Waals surface area contributed by atoms with E-state index in [1.165, 1.54) is 11.1 Å².